The number of pyridine rings is 1. The Bertz CT molecular complexity index is 776. The zero-order valence-corrected chi connectivity index (χ0v) is 18.2. The summed E-state index contributed by atoms with van der Waals surface area (Å²) in [5.74, 6) is 0.856. The summed E-state index contributed by atoms with van der Waals surface area (Å²) in [6.45, 7) is 13.4. The van der Waals surface area contributed by atoms with E-state index in [0.717, 1.165) is 37.7 Å². The summed E-state index contributed by atoms with van der Waals surface area (Å²) in [5, 5.41) is 9.47. The van der Waals surface area contributed by atoms with Crippen LogP contribution in [0.2, 0.25) is 0 Å². The second kappa shape index (κ2) is 8.46. The number of likely N-dealkylation sites (N-methyl/N-ethyl adjacent to an activating group) is 1. The Morgan fingerprint density at radius 3 is 2.38 bits per heavy atom. The zero-order chi connectivity index (χ0) is 21.2. The molecule has 2 aliphatic rings. The van der Waals surface area contributed by atoms with E-state index in [2.05, 4.69) is 38.9 Å². The molecule has 0 N–H and O–H groups in total. The molecule has 1 amide bonds. The molecule has 3 heterocycles. The summed E-state index contributed by atoms with van der Waals surface area (Å²) in [6.07, 6.45) is -0.268. The van der Waals surface area contributed by atoms with Crippen LogP contribution in [-0.2, 0) is 4.74 Å². The van der Waals surface area contributed by atoms with Crippen molar-refractivity contribution in [2.24, 2.45) is 0 Å². The summed E-state index contributed by atoms with van der Waals surface area (Å²) >= 11 is 0. The Morgan fingerprint density at radius 1 is 1.14 bits per heavy atom. The summed E-state index contributed by atoms with van der Waals surface area (Å²) in [5.41, 5.74) is 0.915. The number of nitriles is 1. The minimum absolute atomic E-state index is 0.0180. The normalized spacial score (nSPS) is 21.1. The SMILES string of the molecule is CC1CN(c2cc(C#N)nc(N3CCN(C)CC3)c2)CCN1C(=O)OC(C)(C)C. The van der Waals surface area contributed by atoms with Crippen molar-refractivity contribution in [1.82, 2.24) is 14.8 Å². The number of aromatic nitrogens is 1. The number of anilines is 2. The van der Waals surface area contributed by atoms with Crippen LogP contribution in [0.3, 0.4) is 0 Å². The van der Waals surface area contributed by atoms with E-state index in [9.17, 15) is 10.1 Å². The second-order valence-corrected chi connectivity index (χ2v) is 8.94. The third-order valence-electron chi connectivity index (χ3n) is 5.36. The highest BCUT2D eigenvalue weighted by Gasteiger charge is 2.31. The Labute approximate surface area is 173 Å². The summed E-state index contributed by atoms with van der Waals surface area (Å²) in [4.78, 5) is 25.6. The molecule has 2 saturated heterocycles. The van der Waals surface area contributed by atoms with Crippen molar-refractivity contribution in [3.8, 4) is 6.07 Å². The van der Waals surface area contributed by atoms with E-state index in [0.29, 0.717) is 25.3 Å². The van der Waals surface area contributed by atoms with Crippen molar-refractivity contribution in [3.63, 3.8) is 0 Å². The second-order valence-electron chi connectivity index (χ2n) is 8.94. The molecule has 0 aromatic carbocycles. The minimum atomic E-state index is -0.502. The van der Waals surface area contributed by atoms with Crippen LogP contribution in [-0.4, -0.2) is 85.4 Å². The topological polar surface area (TPSA) is 75.9 Å². The first-order valence-corrected chi connectivity index (χ1v) is 10.3. The number of rotatable bonds is 2. The predicted octanol–water partition coefficient (Wildman–Crippen LogP) is 2.15. The first-order chi connectivity index (χ1) is 13.7. The zero-order valence-electron chi connectivity index (χ0n) is 18.2. The highest BCUT2D eigenvalue weighted by molar-refractivity contribution is 5.69. The highest BCUT2D eigenvalue weighted by atomic mass is 16.6. The minimum Gasteiger partial charge on any atom is -0.444 e. The molecule has 0 aliphatic carbocycles. The maximum absolute atomic E-state index is 12.5. The van der Waals surface area contributed by atoms with Gasteiger partial charge in [-0.2, -0.15) is 5.26 Å². The number of hydrogen-bond acceptors (Lipinski definition) is 7. The first kappa shape index (κ1) is 21.2. The van der Waals surface area contributed by atoms with Gasteiger partial charge in [0.15, 0.2) is 0 Å². The number of ether oxygens (including phenoxy) is 1. The molecule has 8 nitrogen and oxygen atoms in total. The van der Waals surface area contributed by atoms with E-state index in [4.69, 9.17) is 4.74 Å². The van der Waals surface area contributed by atoms with Gasteiger partial charge in [-0.3, -0.25) is 0 Å². The molecule has 1 aromatic rings. The van der Waals surface area contributed by atoms with Gasteiger partial charge in [-0.25, -0.2) is 9.78 Å². The Morgan fingerprint density at radius 2 is 1.79 bits per heavy atom. The molecule has 0 saturated carbocycles. The average molecular weight is 401 g/mol. The number of carbonyl (C=O) groups excluding carboxylic acids is 1. The fraction of sp³-hybridized carbons (Fsp3) is 0.667. The van der Waals surface area contributed by atoms with Gasteiger partial charge in [0.2, 0.25) is 0 Å². The quantitative estimate of drug-likeness (QED) is 0.753. The standard InChI is InChI=1S/C21H32N6O2/c1-16-15-26(10-11-27(16)20(28)29-21(2,3)4)18-12-17(14-22)23-19(13-18)25-8-6-24(5)7-9-25/h12-13,16H,6-11,15H2,1-5H3. The molecule has 2 aliphatic heterocycles. The van der Waals surface area contributed by atoms with Gasteiger partial charge in [-0.15, -0.1) is 0 Å². The number of nitrogens with zero attached hydrogens (tertiary/aromatic N) is 6. The molecule has 2 fully saturated rings. The van der Waals surface area contributed by atoms with Gasteiger partial charge in [0.25, 0.3) is 0 Å². The van der Waals surface area contributed by atoms with Gasteiger partial charge in [0.05, 0.1) is 0 Å². The van der Waals surface area contributed by atoms with Crippen LogP contribution >= 0.6 is 0 Å². The molecule has 0 radical (unpaired) electrons. The van der Waals surface area contributed by atoms with E-state index in [1.165, 1.54) is 0 Å². The number of hydrogen-bond donors (Lipinski definition) is 0. The average Bonchev–Trinajstić information content (AvgIpc) is 2.66. The summed E-state index contributed by atoms with van der Waals surface area (Å²) < 4.78 is 5.54. The summed E-state index contributed by atoms with van der Waals surface area (Å²) in [7, 11) is 2.12. The molecule has 1 atom stereocenters. The third-order valence-corrected chi connectivity index (χ3v) is 5.36. The van der Waals surface area contributed by atoms with Gasteiger partial charge in [0.1, 0.15) is 23.2 Å². The number of carbonyl (C=O) groups is 1. The van der Waals surface area contributed by atoms with Crippen molar-refractivity contribution in [3.05, 3.63) is 17.8 Å². The molecule has 0 bridgehead atoms. The van der Waals surface area contributed by atoms with Crippen LogP contribution in [0.25, 0.3) is 0 Å². The largest absolute Gasteiger partial charge is 0.444 e. The maximum atomic E-state index is 12.5. The van der Waals surface area contributed by atoms with E-state index in [1.54, 1.807) is 4.90 Å². The monoisotopic (exact) mass is 400 g/mol. The predicted molar refractivity (Wildman–Crippen MR) is 113 cm³/mol. The van der Waals surface area contributed by atoms with E-state index in [-0.39, 0.29) is 12.1 Å². The lowest BCUT2D eigenvalue weighted by Gasteiger charge is -2.41. The lowest BCUT2D eigenvalue weighted by Crippen LogP contribution is -2.55. The van der Waals surface area contributed by atoms with E-state index < -0.39 is 5.60 Å². The van der Waals surface area contributed by atoms with E-state index in [1.807, 2.05) is 33.8 Å². The van der Waals surface area contributed by atoms with Crippen LogP contribution < -0.4 is 9.80 Å². The smallest absolute Gasteiger partial charge is 0.410 e. The van der Waals surface area contributed by atoms with Crippen LogP contribution in [0.15, 0.2) is 12.1 Å². The first-order valence-electron chi connectivity index (χ1n) is 10.3. The van der Waals surface area contributed by atoms with Gasteiger partial charge < -0.3 is 24.3 Å². The Hall–Kier alpha value is -2.53. The number of amides is 1. The molecular formula is C21H32N6O2. The molecule has 0 spiro atoms. The molecule has 158 valence electrons. The molecular weight excluding hydrogens is 368 g/mol. The van der Waals surface area contributed by atoms with Gasteiger partial charge >= 0.3 is 6.09 Å². The van der Waals surface area contributed by atoms with Crippen molar-refractivity contribution >= 4 is 17.6 Å². The van der Waals surface area contributed by atoms with Gasteiger partial charge in [0, 0.05) is 63.6 Å². The molecule has 1 aromatic heterocycles. The fourth-order valence-electron chi connectivity index (χ4n) is 3.72. The Balaban J connectivity index is 1.73. The van der Waals surface area contributed by atoms with E-state index >= 15 is 0 Å². The van der Waals surface area contributed by atoms with Crippen molar-refractivity contribution in [1.29, 1.82) is 5.26 Å². The van der Waals surface area contributed by atoms with Crippen LogP contribution in [0.5, 0.6) is 0 Å². The molecule has 8 heteroatoms. The van der Waals surface area contributed by atoms with Gasteiger partial charge in [-0.1, -0.05) is 0 Å². The molecule has 1 unspecified atom stereocenters. The van der Waals surface area contributed by atoms with Gasteiger partial charge in [-0.05, 0) is 40.8 Å². The lowest BCUT2D eigenvalue weighted by molar-refractivity contribution is 0.0159. The maximum Gasteiger partial charge on any atom is 0.410 e. The third kappa shape index (κ3) is 5.30. The summed E-state index contributed by atoms with van der Waals surface area (Å²) in [6, 6.07) is 6.13. The van der Waals surface area contributed by atoms with Crippen LogP contribution in [0.1, 0.15) is 33.4 Å². The molecule has 3 rings (SSSR count). The molecule has 29 heavy (non-hydrogen) atoms. The van der Waals surface area contributed by atoms with Crippen LogP contribution in [0.4, 0.5) is 16.3 Å². The van der Waals surface area contributed by atoms with Crippen molar-refractivity contribution in [2.45, 2.75) is 39.3 Å². The highest BCUT2D eigenvalue weighted by Crippen LogP contribution is 2.26. The van der Waals surface area contributed by atoms with Crippen molar-refractivity contribution in [2.75, 3.05) is 62.7 Å². The number of piperazine rings is 2. The fourth-order valence-corrected chi connectivity index (χ4v) is 3.72. The van der Waals surface area contributed by atoms with Crippen LogP contribution in [0, 0.1) is 11.3 Å². The Kier molecular flexibility index (Phi) is 6.18. The lowest BCUT2D eigenvalue weighted by atomic mass is 10.1. The van der Waals surface area contributed by atoms with Crippen molar-refractivity contribution < 1.29 is 9.53 Å².